The maximum atomic E-state index is 13.6. The molecule has 0 aliphatic rings. The van der Waals surface area contributed by atoms with Gasteiger partial charge in [-0.25, -0.2) is 0 Å². The molecule has 9 heteroatoms. The highest BCUT2D eigenvalue weighted by Crippen LogP contribution is 2.24. The Hall–Kier alpha value is -7.26. The van der Waals surface area contributed by atoms with E-state index in [0.29, 0.717) is 17.1 Å². The SMILES string of the molecule is O=C(Nc1ccc(-c2ccccn2)cc1)c1cc(C(=O)Nc2ccc(-c3ccccn3)cc2)cc(C(=O)Nc2ccc(-c3ccccn3)cc2)c1. The molecule has 0 saturated heterocycles. The number of pyridine rings is 3. The fourth-order valence-electron chi connectivity index (χ4n) is 5.40. The number of aromatic nitrogens is 3. The van der Waals surface area contributed by atoms with Crippen LogP contribution in [0.1, 0.15) is 31.1 Å². The standard InChI is InChI=1S/C42H30N6O3/c49-40(46-34-16-10-28(11-17-34)37-7-1-4-22-43-37)31-25-32(41(50)47-35-18-12-29(13-19-35)38-8-2-5-23-44-38)27-33(26-31)42(51)48-36-20-14-30(15-21-36)39-9-3-6-24-45-39/h1-27H,(H,46,49)(H,47,50)(H,48,51). The van der Waals surface area contributed by atoms with Crippen molar-refractivity contribution in [3.63, 3.8) is 0 Å². The van der Waals surface area contributed by atoms with E-state index in [1.165, 1.54) is 18.2 Å². The molecule has 0 fully saturated rings. The zero-order valence-corrected chi connectivity index (χ0v) is 27.2. The van der Waals surface area contributed by atoms with Crippen molar-refractivity contribution in [2.24, 2.45) is 0 Å². The number of hydrogen-bond donors (Lipinski definition) is 3. The monoisotopic (exact) mass is 666 g/mol. The van der Waals surface area contributed by atoms with Crippen LogP contribution < -0.4 is 16.0 Å². The molecule has 7 rings (SSSR count). The van der Waals surface area contributed by atoms with Crippen LogP contribution in [0.3, 0.4) is 0 Å². The molecule has 0 aliphatic carbocycles. The van der Waals surface area contributed by atoms with Gasteiger partial charge in [-0.2, -0.15) is 0 Å². The molecular weight excluding hydrogens is 637 g/mol. The quantitative estimate of drug-likeness (QED) is 0.142. The third-order valence-corrected chi connectivity index (χ3v) is 8.03. The molecule has 0 radical (unpaired) electrons. The van der Waals surface area contributed by atoms with Gasteiger partial charge in [0.1, 0.15) is 0 Å². The number of amides is 3. The second-order valence-corrected chi connectivity index (χ2v) is 11.5. The predicted octanol–water partition coefficient (Wildman–Crippen LogP) is 8.63. The van der Waals surface area contributed by atoms with Crippen LogP contribution in [0, 0.1) is 0 Å². The van der Waals surface area contributed by atoms with Crippen LogP contribution in [0.15, 0.2) is 164 Å². The van der Waals surface area contributed by atoms with E-state index in [2.05, 4.69) is 30.9 Å². The second-order valence-electron chi connectivity index (χ2n) is 11.5. The van der Waals surface area contributed by atoms with E-state index in [1.54, 1.807) is 55.0 Å². The first-order valence-corrected chi connectivity index (χ1v) is 16.1. The van der Waals surface area contributed by atoms with Gasteiger partial charge in [0.15, 0.2) is 0 Å². The molecule has 3 aromatic heterocycles. The molecule has 0 bridgehead atoms. The van der Waals surface area contributed by atoms with Crippen molar-refractivity contribution in [3.8, 4) is 33.8 Å². The van der Waals surface area contributed by atoms with Crippen molar-refractivity contribution in [2.75, 3.05) is 16.0 Å². The van der Waals surface area contributed by atoms with E-state index in [0.717, 1.165) is 33.8 Å². The van der Waals surface area contributed by atoms with Gasteiger partial charge in [-0.15, -0.1) is 0 Å². The topological polar surface area (TPSA) is 126 Å². The van der Waals surface area contributed by atoms with Gasteiger partial charge in [0, 0.05) is 69.0 Å². The summed E-state index contributed by atoms with van der Waals surface area (Å²) < 4.78 is 0. The summed E-state index contributed by atoms with van der Waals surface area (Å²) in [5.41, 5.74) is 7.15. The Balaban J connectivity index is 1.13. The van der Waals surface area contributed by atoms with Gasteiger partial charge in [-0.05, 0) is 91.0 Å². The highest BCUT2D eigenvalue weighted by atomic mass is 16.2. The first-order chi connectivity index (χ1) is 25.0. The average Bonchev–Trinajstić information content (AvgIpc) is 3.19. The zero-order valence-electron chi connectivity index (χ0n) is 27.2. The van der Waals surface area contributed by atoms with Crippen LogP contribution >= 0.6 is 0 Å². The van der Waals surface area contributed by atoms with Crippen LogP contribution in [-0.2, 0) is 0 Å². The van der Waals surface area contributed by atoms with Gasteiger partial charge in [0.25, 0.3) is 17.7 Å². The Morgan fingerprint density at radius 1 is 0.353 bits per heavy atom. The molecule has 3 heterocycles. The summed E-state index contributed by atoms with van der Waals surface area (Å²) in [5, 5.41) is 8.63. The number of hydrogen-bond acceptors (Lipinski definition) is 6. The molecule has 3 amide bonds. The summed E-state index contributed by atoms with van der Waals surface area (Å²) in [6.45, 7) is 0. The lowest BCUT2D eigenvalue weighted by Gasteiger charge is -2.12. The van der Waals surface area contributed by atoms with Crippen molar-refractivity contribution in [2.45, 2.75) is 0 Å². The van der Waals surface area contributed by atoms with Crippen molar-refractivity contribution in [1.29, 1.82) is 0 Å². The smallest absolute Gasteiger partial charge is 0.255 e. The van der Waals surface area contributed by atoms with Crippen LogP contribution in [0.25, 0.3) is 33.8 Å². The van der Waals surface area contributed by atoms with E-state index < -0.39 is 17.7 Å². The molecule has 3 N–H and O–H groups in total. The summed E-state index contributed by atoms with van der Waals surface area (Å²) >= 11 is 0. The van der Waals surface area contributed by atoms with E-state index in [1.807, 2.05) is 91.0 Å². The zero-order chi connectivity index (χ0) is 35.0. The van der Waals surface area contributed by atoms with Crippen molar-refractivity contribution < 1.29 is 14.4 Å². The molecule has 246 valence electrons. The third kappa shape index (κ3) is 7.90. The normalized spacial score (nSPS) is 10.6. The van der Waals surface area contributed by atoms with Crippen molar-refractivity contribution in [3.05, 3.63) is 181 Å². The number of anilines is 3. The van der Waals surface area contributed by atoms with Gasteiger partial charge in [0.2, 0.25) is 0 Å². The summed E-state index contributed by atoms with van der Waals surface area (Å²) in [7, 11) is 0. The van der Waals surface area contributed by atoms with Gasteiger partial charge in [-0.3, -0.25) is 29.3 Å². The lowest BCUT2D eigenvalue weighted by Crippen LogP contribution is -2.19. The predicted molar refractivity (Wildman–Crippen MR) is 199 cm³/mol. The fourth-order valence-corrected chi connectivity index (χ4v) is 5.40. The minimum atomic E-state index is -0.483. The Labute approximate surface area is 294 Å². The van der Waals surface area contributed by atoms with Gasteiger partial charge >= 0.3 is 0 Å². The maximum Gasteiger partial charge on any atom is 0.255 e. The maximum absolute atomic E-state index is 13.6. The number of nitrogens with zero attached hydrogens (tertiary/aromatic N) is 3. The third-order valence-electron chi connectivity index (χ3n) is 8.03. The summed E-state index contributed by atoms with van der Waals surface area (Å²) in [6.07, 6.45) is 5.16. The summed E-state index contributed by atoms with van der Waals surface area (Å²) in [6, 6.07) is 43.2. The van der Waals surface area contributed by atoms with Crippen molar-refractivity contribution in [1.82, 2.24) is 15.0 Å². The summed E-state index contributed by atoms with van der Waals surface area (Å²) in [4.78, 5) is 53.8. The van der Waals surface area contributed by atoms with E-state index in [-0.39, 0.29) is 16.7 Å². The minimum absolute atomic E-state index is 0.137. The molecule has 51 heavy (non-hydrogen) atoms. The Kier molecular flexibility index (Phi) is 9.42. The Morgan fingerprint density at radius 2 is 0.627 bits per heavy atom. The molecule has 0 aliphatic heterocycles. The molecule has 0 saturated carbocycles. The van der Waals surface area contributed by atoms with Gasteiger partial charge < -0.3 is 16.0 Å². The number of carbonyl (C=O) groups is 3. The largest absolute Gasteiger partial charge is 0.322 e. The van der Waals surface area contributed by atoms with Crippen molar-refractivity contribution >= 4 is 34.8 Å². The first-order valence-electron chi connectivity index (χ1n) is 16.1. The molecule has 7 aromatic rings. The highest BCUT2D eigenvalue weighted by Gasteiger charge is 2.18. The van der Waals surface area contributed by atoms with Gasteiger partial charge in [0.05, 0.1) is 17.1 Å². The molecule has 0 unspecified atom stereocenters. The minimum Gasteiger partial charge on any atom is -0.322 e. The van der Waals surface area contributed by atoms with E-state index >= 15 is 0 Å². The molecule has 0 atom stereocenters. The van der Waals surface area contributed by atoms with Crippen LogP contribution in [0.5, 0.6) is 0 Å². The van der Waals surface area contributed by atoms with Crippen LogP contribution in [0.2, 0.25) is 0 Å². The summed E-state index contributed by atoms with van der Waals surface area (Å²) in [5.74, 6) is -1.45. The lowest BCUT2D eigenvalue weighted by atomic mass is 10.0. The van der Waals surface area contributed by atoms with Crippen LogP contribution in [0.4, 0.5) is 17.1 Å². The lowest BCUT2D eigenvalue weighted by molar-refractivity contribution is 0.102. The van der Waals surface area contributed by atoms with Crippen LogP contribution in [-0.4, -0.2) is 32.7 Å². The van der Waals surface area contributed by atoms with E-state index in [4.69, 9.17) is 0 Å². The molecular formula is C42H30N6O3. The second kappa shape index (κ2) is 14.9. The van der Waals surface area contributed by atoms with E-state index in [9.17, 15) is 14.4 Å². The average molecular weight is 667 g/mol. The Morgan fingerprint density at radius 3 is 0.863 bits per heavy atom. The first kappa shape index (κ1) is 32.3. The van der Waals surface area contributed by atoms with Gasteiger partial charge in [-0.1, -0.05) is 54.6 Å². The number of nitrogens with one attached hydrogen (secondary N) is 3. The number of carbonyl (C=O) groups excluding carboxylic acids is 3. The molecule has 0 spiro atoms. The fraction of sp³-hybridized carbons (Fsp3) is 0. The number of rotatable bonds is 9. The highest BCUT2D eigenvalue weighted by molar-refractivity contribution is 6.13. The molecule has 4 aromatic carbocycles. The molecule has 9 nitrogen and oxygen atoms in total. The number of benzene rings is 4. The Bertz CT molecular complexity index is 2020.